The molecule has 0 fully saturated rings. The van der Waals surface area contributed by atoms with Crippen molar-refractivity contribution in [2.24, 2.45) is 0 Å². The molecule has 0 radical (unpaired) electrons. The van der Waals surface area contributed by atoms with E-state index in [0.717, 1.165) is 24.3 Å². The molecular weight excluding hydrogens is 273 g/mol. The Morgan fingerprint density at radius 3 is 2.45 bits per heavy atom. The molecule has 0 atom stereocenters. The highest BCUT2D eigenvalue weighted by Gasteiger charge is 2.17. The van der Waals surface area contributed by atoms with Gasteiger partial charge in [0.25, 0.3) is 5.69 Å². The molecule has 0 aliphatic heterocycles. The fourth-order valence-electron chi connectivity index (χ4n) is 1.68. The highest BCUT2D eigenvalue weighted by atomic mass is 19.2. The Labute approximate surface area is 112 Å². The zero-order valence-corrected chi connectivity index (χ0v) is 10.1. The van der Waals surface area contributed by atoms with Crippen LogP contribution in [-0.2, 0) is 6.54 Å². The van der Waals surface area contributed by atoms with Crippen LogP contribution in [0.2, 0.25) is 0 Å². The van der Waals surface area contributed by atoms with Crippen molar-refractivity contribution in [3.05, 3.63) is 69.5 Å². The van der Waals surface area contributed by atoms with Gasteiger partial charge in [0, 0.05) is 12.6 Å². The van der Waals surface area contributed by atoms with Crippen LogP contribution >= 0.6 is 0 Å². The number of nitro groups is 1. The summed E-state index contributed by atoms with van der Waals surface area (Å²) in [6.07, 6.45) is 0. The average molecular weight is 282 g/mol. The number of benzene rings is 2. The maximum atomic E-state index is 13.6. The number of rotatable bonds is 4. The SMILES string of the molecule is O=[N+]([O-])c1cccc(F)c1NCc1ccc(F)c(F)c1. The lowest BCUT2D eigenvalue weighted by molar-refractivity contribution is -0.384. The molecule has 2 aromatic carbocycles. The predicted octanol–water partition coefficient (Wildman–Crippen LogP) is 3.62. The van der Waals surface area contributed by atoms with E-state index in [1.54, 1.807) is 0 Å². The summed E-state index contributed by atoms with van der Waals surface area (Å²) < 4.78 is 39.3. The summed E-state index contributed by atoms with van der Waals surface area (Å²) in [6, 6.07) is 6.61. The lowest BCUT2D eigenvalue weighted by Gasteiger charge is -2.08. The van der Waals surface area contributed by atoms with Gasteiger partial charge in [-0.2, -0.15) is 0 Å². The summed E-state index contributed by atoms with van der Waals surface area (Å²) >= 11 is 0. The third-order valence-electron chi connectivity index (χ3n) is 2.64. The molecule has 0 aliphatic rings. The molecule has 2 aromatic rings. The van der Waals surface area contributed by atoms with Crippen LogP contribution in [0.15, 0.2) is 36.4 Å². The van der Waals surface area contributed by atoms with Crippen molar-refractivity contribution in [1.82, 2.24) is 0 Å². The van der Waals surface area contributed by atoms with E-state index < -0.39 is 28.1 Å². The van der Waals surface area contributed by atoms with Gasteiger partial charge in [-0.3, -0.25) is 10.1 Å². The molecule has 1 N–H and O–H groups in total. The lowest BCUT2D eigenvalue weighted by Crippen LogP contribution is -2.05. The zero-order chi connectivity index (χ0) is 14.7. The molecule has 0 saturated carbocycles. The second-order valence-corrected chi connectivity index (χ2v) is 3.99. The molecule has 0 spiro atoms. The van der Waals surface area contributed by atoms with Crippen LogP contribution < -0.4 is 5.32 Å². The third-order valence-corrected chi connectivity index (χ3v) is 2.64. The Kier molecular flexibility index (Phi) is 3.88. The van der Waals surface area contributed by atoms with Gasteiger partial charge in [-0.25, -0.2) is 13.2 Å². The topological polar surface area (TPSA) is 55.2 Å². The Hall–Kier alpha value is -2.57. The summed E-state index contributed by atoms with van der Waals surface area (Å²) in [5.41, 5.74) is -0.378. The molecule has 7 heteroatoms. The molecule has 0 amide bonds. The standard InChI is InChI=1S/C13H9F3N2O2/c14-9-5-4-8(6-11(9)16)7-17-13-10(15)2-1-3-12(13)18(19)20/h1-6,17H,7H2. The van der Waals surface area contributed by atoms with Gasteiger partial charge >= 0.3 is 0 Å². The Balaban J connectivity index is 2.22. The smallest absolute Gasteiger partial charge is 0.295 e. The van der Waals surface area contributed by atoms with Crippen molar-refractivity contribution in [3.8, 4) is 0 Å². The van der Waals surface area contributed by atoms with Gasteiger partial charge in [0.15, 0.2) is 17.5 Å². The number of hydrogen-bond donors (Lipinski definition) is 1. The highest BCUT2D eigenvalue weighted by molar-refractivity contribution is 5.62. The Bertz CT molecular complexity index is 662. The fraction of sp³-hybridized carbons (Fsp3) is 0.0769. The van der Waals surface area contributed by atoms with E-state index in [9.17, 15) is 23.3 Å². The molecular formula is C13H9F3N2O2. The van der Waals surface area contributed by atoms with Gasteiger partial charge < -0.3 is 5.32 Å². The van der Waals surface area contributed by atoms with Crippen molar-refractivity contribution in [2.75, 3.05) is 5.32 Å². The molecule has 2 rings (SSSR count). The van der Waals surface area contributed by atoms with Crippen molar-refractivity contribution in [3.63, 3.8) is 0 Å². The minimum atomic E-state index is -1.03. The molecule has 0 saturated heterocycles. The number of nitrogens with zero attached hydrogens (tertiary/aromatic N) is 1. The van der Waals surface area contributed by atoms with Crippen LogP contribution in [0.1, 0.15) is 5.56 Å². The largest absolute Gasteiger partial charge is 0.373 e. The summed E-state index contributed by atoms with van der Waals surface area (Å²) in [5, 5.41) is 13.3. The van der Waals surface area contributed by atoms with Crippen LogP contribution in [0.4, 0.5) is 24.5 Å². The van der Waals surface area contributed by atoms with Crippen LogP contribution in [0, 0.1) is 27.6 Å². The van der Waals surface area contributed by atoms with Crippen LogP contribution in [-0.4, -0.2) is 4.92 Å². The minimum absolute atomic E-state index is 0.0705. The quantitative estimate of drug-likeness (QED) is 0.688. The first kappa shape index (κ1) is 13.9. The van der Waals surface area contributed by atoms with Crippen molar-refractivity contribution < 1.29 is 18.1 Å². The first-order valence-electron chi connectivity index (χ1n) is 5.59. The number of para-hydroxylation sites is 1. The Morgan fingerprint density at radius 1 is 1.05 bits per heavy atom. The minimum Gasteiger partial charge on any atom is -0.373 e. The molecule has 104 valence electrons. The normalized spacial score (nSPS) is 10.3. The van der Waals surface area contributed by atoms with E-state index in [4.69, 9.17) is 0 Å². The predicted molar refractivity (Wildman–Crippen MR) is 66.7 cm³/mol. The number of hydrogen-bond acceptors (Lipinski definition) is 3. The summed E-state index contributed by atoms with van der Waals surface area (Å²) in [4.78, 5) is 10.0. The highest BCUT2D eigenvalue weighted by Crippen LogP contribution is 2.27. The molecule has 0 heterocycles. The molecule has 20 heavy (non-hydrogen) atoms. The van der Waals surface area contributed by atoms with Gasteiger partial charge in [0.05, 0.1) is 4.92 Å². The Morgan fingerprint density at radius 2 is 1.80 bits per heavy atom. The van der Waals surface area contributed by atoms with Crippen molar-refractivity contribution in [2.45, 2.75) is 6.54 Å². The van der Waals surface area contributed by atoms with E-state index in [0.29, 0.717) is 5.56 Å². The molecule has 4 nitrogen and oxygen atoms in total. The van der Waals surface area contributed by atoms with Gasteiger partial charge in [0.1, 0.15) is 5.69 Å². The van der Waals surface area contributed by atoms with Crippen molar-refractivity contribution in [1.29, 1.82) is 0 Å². The average Bonchev–Trinajstić information content (AvgIpc) is 2.40. The van der Waals surface area contributed by atoms with Crippen LogP contribution in [0.25, 0.3) is 0 Å². The second kappa shape index (κ2) is 5.60. The molecule has 0 aliphatic carbocycles. The number of anilines is 1. The monoisotopic (exact) mass is 282 g/mol. The van der Waals surface area contributed by atoms with Gasteiger partial charge in [-0.1, -0.05) is 12.1 Å². The van der Waals surface area contributed by atoms with Crippen molar-refractivity contribution >= 4 is 11.4 Å². The number of nitrogens with one attached hydrogen (secondary N) is 1. The fourth-order valence-corrected chi connectivity index (χ4v) is 1.68. The van der Waals surface area contributed by atoms with Crippen LogP contribution in [0.5, 0.6) is 0 Å². The summed E-state index contributed by atoms with van der Waals surface area (Å²) in [7, 11) is 0. The first-order chi connectivity index (χ1) is 9.49. The van der Waals surface area contributed by atoms with E-state index in [1.807, 2.05) is 0 Å². The summed E-state index contributed by atoms with van der Waals surface area (Å²) in [6.45, 7) is -0.0705. The van der Waals surface area contributed by atoms with E-state index >= 15 is 0 Å². The van der Waals surface area contributed by atoms with E-state index in [-0.39, 0.29) is 12.2 Å². The molecule has 0 bridgehead atoms. The molecule has 0 unspecified atom stereocenters. The van der Waals surface area contributed by atoms with Gasteiger partial charge in [-0.05, 0) is 23.8 Å². The van der Waals surface area contributed by atoms with E-state index in [1.165, 1.54) is 12.1 Å². The van der Waals surface area contributed by atoms with Gasteiger partial charge in [-0.15, -0.1) is 0 Å². The summed E-state index contributed by atoms with van der Waals surface area (Å²) in [5.74, 6) is -2.82. The van der Waals surface area contributed by atoms with Gasteiger partial charge in [0.2, 0.25) is 0 Å². The number of nitro benzene ring substituents is 1. The van der Waals surface area contributed by atoms with E-state index in [2.05, 4.69) is 5.32 Å². The lowest BCUT2D eigenvalue weighted by atomic mass is 10.2. The maximum Gasteiger partial charge on any atom is 0.295 e. The first-order valence-corrected chi connectivity index (χ1v) is 5.59. The third kappa shape index (κ3) is 2.87. The maximum absolute atomic E-state index is 13.6. The number of halogens is 3. The zero-order valence-electron chi connectivity index (χ0n) is 10.1. The molecule has 0 aromatic heterocycles. The second-order valence-electron chi connectivity index (χ2n) is 3.99. The van der Waals surface area contributed by atoms with Crippen LogP contribution in [0.3, 0.4) is 0 Å².